The highest BCUT2D eigenvalue weighted by atomic mass is 16.2. The van der Waals surface area contributed by atoms with E-state index in [4.69, 9.17) is 5.73 Å². The number of nitrogens with zero attached hydrogens (tertiary/aromatic N) is 2. The lowest BCUT2D eigenvalue weighted by molar-refractivity contribution is -0.140. The fourth-order valence-corrected chi connectivity index (χ4v) is 4.50. The van der Waals surface area contributed by atoms with Crippen LogP contribution in [0.1, 0.15) is 57.9 Å². The molecular weight excluding hydrogens is 310 g/mol. The summed E-state index contributed by atoms with van der Waals surface area (Å²) in [5.41, 5.74) is 7.48. The molecule has 0 aliphatic heterocycles. The molecule has 140 valence electrons. The van der Waals surface area contributed by atoms with Gasteiger partial charge in [-0.2, -0.15) is 0 Å². The average Bonchev–Trinajstić information content (AvgIpc) is 2.66. The molecule has 4 heteroatoms. The second kappa shape index (κ2) is 8.33. The first-order valence-electron chi connectivity index (χ1n) is 9.69. The van der Waals surface area contributed by atoms with E-state index in [1.165, 1.54) is 5.56 Å². The summed E-state index contributed by atoms with van der Waals surface area (Å²) >= 11 is 0. The van der Waals surface area contributed by atoms with Crippen LogP contribution in [0.4, 0.5) is 0 Å². The van der Waals surface area contributed by atoms with Crippen molar-refractivity contribution in [2.75, 3.05) is 27.2 Å². The molecule has 0 spiro atoms. The zero-order valence-corrected chi connectivity index (χ0v) is 16.4. The highest BCUT2D eigenvalue weighted by molar-refractivity contribution is 5.76. The summed E-state index contributed by atoms with van der Waals surface area (Å²) in [5, 5.41) is 0. The molecule has 1 aliphatic rings. The van der Waals surface area contributed by atoms with Gasteiger partial charge in [-0.05, 0) is 51.8 Å². The summed E-state index contributed by atoms with van der Waals surface area (Å²) in [6.07, 6.45) is 5.51. The van der Waals surface area contributed by atoms with Crippen molar-refractivity contribution in [2.45, 2.75) is 63.5 Å². The van der Waals surface area contributed by atoms with Crippen molar-refractivity contribution in [2.24, 2.45) is 5.73 Å². The van der Waals surface area contributed by atoms with Gasteiger partial charge in [0.25, 0.3) is 0 Å². The van der Waals surface area contributed by atoms with Crippen LogP contribution in [0.25, 0.3) is 0 Å². The number of rotatable bonds is 7. The highest BCUT2D eigenvalue weighted by Crippen LogP contribution is 2.46. The minimum atomic E-state index is -0.183. The maximum absolute atomic E-state index is 12.6. The van der Waals surface area contributed by atoms with Crippen LogP contribution in [0, 0.1) is 0 Å². The highest BCUT2D eigenvalue weighted by Gasteiger charge is 2.47. The van der Waals surface area contributed by atoms with Crippen molar-refractivity contribution in [1.82, 2.24) is 9.80 Å². The predicted octanol–water partition coefficient (Wildman–Crippen LogP) is 3.36. The van der Waals surface area contributed by atoms with Gasteiger partial charge in [-0.3, -0.25) is 9.69 Å². The summed E-state index contributed by atoms with van der Waals surface area (Å²) < 4.78 is 0. The van der Waals surface area contributed by atoms with Gasteiger partial charge in [-0.1, -0.05) is 44.2 Å². The Kier molecular flexibility index (Phi) is 6.64. The Morgan fingerprint density at radius 1 is 1.08 bits per heavy atom. The number of benzene rings is 1. The zero-order chi connectivity index (χ0) is 18.5. The van der Waals surface area contributed by atoms with E-state index >= 15 is 0 Å². The number of nitrogens with two attached hydrogens (primary N) is 1. The van der Waals surface area contributed by atoms with Crippen LogP contribution < -0.4 is 5.73 Å². The smallest absolute Gasteiger partial charge is 0.222 e. The standard InChI is InChI=1S/C21H35N3O/c1-5-16-24(19(25)6-2)20(17-22)12-14-21(15-13-20,23(3)4)18-10-8-7-9-11-18/h7-11H,5-6,12-17,22H2,1-4H3. The lowest BCUT2D eigenvalue weighted by Crippen LogP contribution is -2.61. The summed E-state index contributed by atoms with van der Waals surface area (Å²) in [4.78, 5) is 17.0. The average molecular weight is 346 g/mol. The second-order valence-electron chi connectivity index (χ2n) is 7.62. The van der Waals surface area contributed by atoms with Crippen LogP contribution in [0.3, 0.4) is 0 Å². The summed E-state index contributed by atoms with van der Waals surface area (Å²) in [7, 11) is 4.34. The van der Waals surface area contributed by atoms with Gasteiger partial charge in [0, 0.05) is 25.0 Å². The molecule has 1 aromatic carbocycles. The molecule has 0 heterocycles. The van der Waals surface area contributed by atoms with Gasteiger partial charge >= 0.3 is 0 Å². The van der Waals surface area contributed by atoms with E-state index in [0.29, 0.717) is 13.0 Å². The lowest BCUT2D eigenvalue weighted by atomic mass is 9.68. The fourth-order valence-electron chi connectivity index (χ4n) is 4.50. The lowest BCUT2D eigenvalue weighted by Gasteiger charge is -2.53. The van der Waals surface area contributed by atoms with E-state index in [-0.39, 0.29) is 17.0 Å². The maximum Gasteiger partial charge on any atom is 0.222 e. The molecule has 0 unspecified atom stereocenters. The van der Waals surface area contributed by atoms with Crippen molar-refractivity contribution >= 4 is 5.91 Å². The molecule has 0 atom stereocenters. The van der Waals surface area contributed by atoms with Crippen LogP contribution in [0.5, 0.6) is 0 Å². The topological polar surface area (TPSA) is 49.6 Å². The minimum absolute atomic E-state index is 0.0348. The predicted molar refractivity (Wildman–Crippen MR) is 104 cm³/mol. The monoisotopic (exact) mass is 345 g/mol. The number of hydrogen-bond donors (Lipinski definition) is 1. The van der Waals surface area contributed by atoms with Crippen LogP contribution in [-0.2, 0) is 10.3 Å². The van der Waals surface area contributed by atoms with Gasteiger partial charge in [-0.15, -0.1) is 0 Å². The van der Waals surface area contributed by atoms with Crippen LogP contribution in [0.2, 0.25) is 0 Å². The molecule has 2 N–H and O–H groups in total. The van der Waals surface area contributed by atoms with Gasteiger partial charge in [0.1, 0.15) is 0 Å². The Labute approximate surface area is 153 Å². The van der Waals surface area contributed by atoms with E-state index < -0.39 is 0 Å². The zero-order valence-electron chi connectivity index (χ0n) is 16.4. The molecule has 1 amide bonds. The van der Waals surface area contributed by atoms with E-state index in [9.17, 15) is 4.79 Å². The molecule has 25 heavy (non-hydrogen) atoms. The Hall–Kier alpha value is -1.39. The molecule has 1 saturated carbocycles. The van der Waals surface area contributed by atoms with E-state index in [2.05, 4.69) is 61.2 Å². The Balaban J connectivity index is 2.30. The van der Waals surface area contributed by atoms with Crippen molar-refractivity contribution in [3.63, 3.8) is 0 Å². The van der Waals surface area contributed by atoms with Crippen LogP contribution in [-0.4, -0.2) is 48.4 Å². The molecule has 4 nitrogen and oxygen atoms in total. The minimum Gasteiger partial charge on any atom is -0.336 e. The quantitative estimate of drug-likeness (QED) is 0.824. The third-order valence-corrected chi connectivity index (χ3v) is 6.18. The van der Waals surface area contributed by atoms with Crippen LogP contribution >= 0.6 is 0 Å². The molecule has 1 aliphatic carbocycles. The van der Waals surface area contributed by atoms with Gasteiger partial charge in [0.15, 0.2) is 0 Å². The molecule has 0 aromatic heterocycles. The number of carbonyl (C=O) groups is 1. The Bertz CT molecular complexity index is 548. The van der Waals surface area contributed by atoms with Crippen molar-refractivity contribution in [1.29, 1.82) is 0 Å². The third-order valence-electron chi connectivity index (χ3n) is 6.18. The number of carbonyl (C=O) groups excluding carboxylic acids is 1. The van der Waals surface area contributed by atoms with Crippen LogP contribution in [0.15, 0.2) is 30.3 Å². The summed E-state index contributed by atoms with van der Waals surface area (Å²) in [6.45, 7) is 5.45. The normalized spacial score (nSPS) is 26.6. The number of amides is 1. The van der Waals surface area contributed by atoms with Gasteiger partial charge in [-0.25, -0.2) is 0 Å². The third kappa shape index (κ3) is 3.75. The van der Waals surface area contributed by atoms with E-state index in [1.54, 1.807) is 0 Å². The molecule has 0 bridgehead atoms. The number of hydrogen-bond acceptors (Lipinski definition) is 3. The van der Waals surface area contributed by atoms with E-state index in [0.717, 1.165) is 38.6 Å². The largest absolute Gasteiger partial charge is 0.336 e. The van der Waals surface area contributed by atoms with Crippen molar-refractivity contribution < 1.29 is 4.79 Å². The van der Waals surface area contributed by atoms with Gasteiger partial charge in [0.05, 0.1) is 5.54 Å². The van der Waals surface area contributed by atoms with Gasteiger partial charge in [0.2, 0.25) is 5.91 Å². The first-order valence-corrected chi connectivity index (χ1v) is 9.69. The molecule has 1 fully saturated rings. The molecular formula is C21H35N3O. The Morgan fingerprint density at radius 3 is 2.12 bits per heavy atom. The molecule has 0 saturated heterocycles. The Morgan fingerprint density at radius 2 is 1.68 bits per heavy atom. The maximum atomic E-state index is 12.6. The first kappa shape index (κ1) is 19.9. The second-order valence-corrected chi connectivity index (χ2v) is 7.62. The van der Waals surface area contributed by atoms with Gasteiger partial charge < -0.3 is 10.6 Å². The summed E-state index contributed by atoms with van der Waals surface area (Å²) in [6, 6.07) is 10.8. The van der Waals surface area contributed by atoms with Crippen molar-refractivity contribution in [3.8, 4) is 0 Å². The van der Waals surface area contributed by atoms with Crippen molar-refractivity contribution in [3.05, 3.63) is 35.9 Å². The molecule has 1 aromatic rings. The fraction of sp³-hybridized carbons (Fsp3) is 0.667. The molecule has 2 rings (SSSR count). The first-order chi connectivity index (χ1) is 12.0. The SMILES string of the molecule is CCCN(C(=O)CC)C1(CN)CCC(c2ccccc2)(N(C)C)CC1. The molecule has 0 radical (unpaired) electrons. The summed E-state index contributed by atoms with van der Waals surface area (Å²) in [5.74, 6) is 0.240. The van der Waals surface area contributed by atoms with E-state index in [1.807, 2.05) is 6.92 Å².